The molecule has 0 heterocycles. The molecule has 0 aromatic heterocycles. The van der Waals surface area contributed by atoms with E-state index in [1.165, 1.54) is 6.08 Å². The van der Waals surface area contributed by atoms with Crippen LogP contribution in [-0.2, 0) is 9.53 Å². The van der Waals surface area contributed by atoms with E-state index in [0.717, 1.165) is 12.5 Å². The van der Waals surface area contributed by atoms with Crippen LogP contribution >= 0.6 is 0 Å². The van der Waals surface area contributed by atoms with Crippen molar-refractivity contribution in [3.05, 3.63) is 29.8 Å². The van der Waals surface area contributed by atoms with Crippen LogP contribution in [0.25, 0.3) is 6.08 Å². The highest BCUT2D eigenvalue weighted by Gasteiger charge is 2.13. The zero-order valence-electron chi connectivity index (χ0n) is 12.7. The summed E-state index contributed by atoms with van der Waals surface area (Å²) in [5.74, 6) is 0.157. The summed E-state index contributed by atoms with van der Waals surface area (Å²) in [7, 11) is 1.64. The van der Waals surface area contributed by atoms with E-state index in [-0.39, 0.29) is 6.10 Å². The molecule has 1 unspecified atom stereocenters. The Morgan fingerprint density at radius 2 is 2.19 bits per heavy atom. The minimum Gasteiger partial charge on any atom is -0.490 e. The van der Waals surface area contributed by atoms with E-state index < -0.39 is 5.97 Å². The van der Waals surface area contributed by atoms with Crippen molar-refractivity contribution in [2.45, 2.75) is 26.4 Å². The van der Waals surface area contributed by atoms with Gasteiger partial charge < -0.3 is 19.3 Å². The van der Waals surface area contributed by atoms with Gasteiger partial charge in [-0.2, -0.15) is 0 Å². The molecule has 0 aliphatic carbocycles. The first-order chi connectivity index (χ1) is 10.1. The van der Waals surface area contributed by atoms with E-state index in [4.69, 9.17) is 19.3 Å². The highest BCUT2D eigenvalue weighted by Crippen LogP contribution is 2.33. The molecule has 0 spiro atoms. The van der Waals surface area contributed by atoms with Gasteiger partial charge in [0.25, 0.3) is 0 Å². The van der Waals surface area contributed by atoms with Crippen LogP contribution in [0, 0.1) is 0 Å². The maximum Gasteiger partial charge on any atom is 0.328 e. The van der Waals surface area contributed by atoms with Crippen molar-refractivity contribution in [2.75, 3.05) is 20.3 Å². The second-order valence-electron chi connectivity index (χ2n) is 4.49. The Balaban J connectivity index is 3.01. The summed E-state index contributed by atoms with van der Waals surface area (Å²) in [6, 6.07) is 5.40. The number of rotatable bonds is 9. The van der Waals surface area contributed by atoms with E-state index in [1.807, 2.05) is 13.8 Å². The lowest BCUT2D eigenvalue weighted by atomic mass is 10.1. The molecular formula is C16H22O5. The minimum absolute atomic E-state index is 0.0662. The molecule has 1 aromatic carbocycles. The predicted octanol–water partition coefficient (Wildman–Crippen LogP) is 2.99. The molecule has 116 valence electrons. The number of para-hydroxylation sites is 1. The summed E-state index contributed by atoms with van der Waals surface area (Å²) in [5, 5.41) is 8.76. The third-order valence-corrected chi connectivity index (χ3v) is 2.76. The minimum atomic E-state index is -1.00. The maximum atomic E-state index is 10.7. The molecule has 0 aliphatic heterocycles. The van der Waals surface area contributed by atoms with Crippen LogP contribution < -0.4 is 9.47 Å². The van der Waals surface area contributed by atoms with Gasteiger partial charge in [-0.3, -0.25) is 0 Å². The largest absolute Gasteiger partial charge is 0.490 e. The van der Waals surface area contributed by atoms with Crippen LogP contribution in [0.1, 0.15) is 25.8 Å². The van der Waals surface area contributed by atoms with Crippen molar-refractivity contribution in [1.29, 1.82) is 0 Å². The Labute approximate surface area is 125 Å². The van der Waals surface area contributed by atoms with E-state index >= 15 is 0 Å². The molecular weight excluding hydrogens is 272 g/mol. The third kappa shape index (κ3) is 5.87. The molecule has 5 nitrogen and oxygen atoms in total. The number of carboxylic acids is 1. The van der Waals surface area contributed by atoms with Crippen molar-refractivity contribution in [2.24, 2.45) is 0 Å². The van der Waals surface area contributed by atoms with Crippen molar-refractivity contribution < 1.29 is 24.1 Å². The fourth-order valence-corrected chi connectivity index (χ4v) is 1.76. The van der Waals surface area contributed by atoms with E-state index in [9.17, 15) is 4.79 Å². The van der Waals surface area contributed by atoms with Gasteiger partial charge in [0.2, 0.25) is 0 Å². The van der Waals surface area contributed by atoms with E-state index in [0.29, 0.717) is 30.3 Å². The summed E-state index contributed by atoms with van der Waals surface area (Å²) in [6.07, 6.45) is 3.25. The molecule has 1 aromatic rings. The highest BCUT2D eigenvalue weighted by molar-refractivity contribution is 5.86. The molecule has 0 amide bonds. The highest BCUT2D eigenvalue weighted by atomic mass is 16.5. The zero-order valence-corrected chi connectivity index (χ0v) is 12.7. The quantitative estimate of drug-likeness (QED) is 0.709. The fraction of sp³-hybridized carbons (Fsp3) is 0.438. The van der Waals surface area contributed by atoms with Crippen LogP contribution in [-0.4, -0.2) is 37.5 Å². The van der Waals surface area contributed by atoms with Gasteiger partial charge in [0.1, 0.15) is 0 Å². The van der Waals surface area contributed by atoms with Gasteiger partial charge in [0.05, 0.1) is 12.7 Å². The smallest absolute Gasteiger partial charge is 0.328 e. The van der Waals surface area contributed by atoms with Crippen molar-refractivity contribution in [3.63, 3.8) is 0 Å². The monoisotopic (exact) mass is 294 g/mol. The molecule has 0 saturated carbocycles. The SMILES string of the molecule is CCOc1cccc(/C=C/C(=O)O)c1OC(C)CCOC. The molecule has 1 N–H and O–H groups in total. The first-order valence-corrected chi connectivity index (χ1v) is 6.90. The second-order valence-corrected chi connectivity index (χ2v) is 4.49. The van der Waals surface area contributed by atoms with Gasteiger partial charge in [-0.05, 0) is 26.0 Å². The fourth-order valence-electron chi connectivity index (χ4n) is 1.76. The summed E-state index contributed by atoms with van der Waals surface area (Å²) in [5.41, 5.74) is 0.674. The molecule has 0 radical (unpaired) electrons. The molecule has 5 heteroatoms. The van der Waals surface area contributed by atoms with Crippen LogP contribution in [0.5, 0.6) is 11.5 Å². The van der Waals surface area contributed by atoms with Gasteiger partial charge in [0.15, 0.2) is 11.5 Å². The molecule has 0 fully saturated rings. The molecule has 1 rings (SSSR count). The first kappa shape index (κ1) is 17.0. The standard InChI is InChI=1S/C16H22O5/c1-4-20-14-7-5-6-13(8-9-15(17)18)16(14)21-12(2)10-11-19-3/h5-9,12H,4,10-11H2,1-3H3,(H,17,18)/b9-8+. The van der Waals surface area contributed by atoms with Crippen molar-refractivity contribution in [3.8, 4) is 11.5 Å². The lowest BCUT2D eigenvalue weighted by Gasteiger charge is -2.19. The lowest BCUT2D eigenvalue weighted by Crippen LogP contribution is -2.15. The number of carbonyl (C=O) groups is 1. The van der Waals surface area contributed by atoms with Gasteiger partial charge in [-0.25, -0.2) is 4.79 Å². The second kappa shape index (κ2) is 9.02. The number of hydrogen-bond donors (Lipinski definition) is 1. The molecule has 0 aliphatic rings. The summed E-state index contributed by atoms with van der Waals surface area (Å²) >= 11 is 0. The van der Waals surface area contributed by atoms with E-state index in [2.05, 4.69) is 0 Å². The average molecular weight is 294 g/mol. The molecule has 1 atom stereocenters. The summed E-state index contributed by atoms with van der Waals surface area (Å²) < 4.78 is 16.5. The Bertz CT molecular complexity index is 482. The number of hydrogen-bond acceptors (Lipinski definition) is 4. The van der Waals surface area contributed by atoms with Crippen molar-refractivity contribution >= 4 is 12.0 Å². The Hall–Kier alpha value is -2.01. The molecule has 21 heavy (non-hydrogen) atoms. The normalized spacial score (nSPS) is 12.3. The number of ether oxygens (including phenoxy) is 3. The zero-order chi connectivity index (χ0) is 15.7. The number of carboxylic acid groups (broad SMARTS) is 1. The Kier molecular flexibility index (Phi) is 7.32. The lowest BCUT2D eigenvalue weighted by molar-refractivity contribution is -0.131. The van der Waals surface area contributed by atoms with Gasteiger partial charge >= 0.3 is 5.97 Å². The summed E-state index contributed by atoms with van der Waals surface area (Å²) in [6.45, 7) is 4.93. The van der Waals surface area contributed by atoms with Crippen LogP contribution in [0.3, 0.4) is 0 Å². The number of methoxy groups -OCH3 is 1. The molecule has 0 saturated heterocycles. The van der Waals surface area contributed by atoms with Crippen LogP contribution in [0.4, 0.5) is 0 Å². The Morgan fingerprint density at radius 3 is 2.81 bits per heavy atom. The third-order valence-electron chi connectivity index (χ3n) is 2.76. The van der Waals surface area contributed by atoms with Gasteiger partial charge in [0, 0.05) is 31.8 Å². The topological polar surface area (TPSA) is 65.0 Å². The van der Waals surface area contributed by atoms with Crippen LogP contribution in [0.2, 0.25) is 0 Å². The van der Waals surface area contributed by atoms with Gasteiger partial charge in [-0.15, -0.1) is 0 Å². The Morgan fingerprint density at radius 1 is 1.43 bits per heavy atom. The maximum absolute atomic E-state index is 10.7. The number of benzene rings is 1. The van der Waals surface area contributed by atoms with Crippen molar-refractivity contribution in [1.82, 2.24) is 0 Å². The summed E-state index contributed by atoms with van der Waals surface area (Å²) in [4.78, 5) is 10.7. The average Bonchev–Trinajstić information content (AvgIpc) is 2.45. The predicted molar refractivity (Wildman–Crippen MR) is 80.9 cm³/mol. The first-order valence-electron chi connectivity index (χ1n) is 6.90. The number of aliphatic carboxylic acids is 1. The molecule has 0 bridgehead atoms. The van der Waals surface area contributed by atoms with Gasteiger partial charge in [-0.1, -0.05) is 12.1 Å². The van der Waals surface area contributed by atoms with Crippen LogP contribution in [0.15, 0.2) is 24.3 Å². The van der Waals surface area contributed by atoms with E-state index in [1.54, 1.807) is 25.3 Å².